The number of nitrogens with zero attached hydrogens (tertiary/aromatic N) is 1. The van der Waals surface area contributed by atoms with Gasteiger partial charge >= 0.3 is 0 Å². The van der Waals surface area contributed by atoms with Crippen LogP contribution in [0.3, 0.4) is 0 Å². The first-order chi connectivity index (χ1) is 9.13. The van der Waals surface area contributed by atoms with Gasteiger partial charge in [0, 0.05) is 24.2 Å². The molecule has 0 heterocycles. The number of rotatable bonds is 7. The molecule has 2 atom stereocenters. The predicted octanol–water partition coefficient (Wildman–Crippen LogP) is 2.82. The van der Waals surface area contributed by atoms with Gasteiger partial charge in [0.2, 0.25) is 0 Å². The Morgan fingerprint density at radius 2 is 2.05 bits per heavy atom. The molecule has 0 spiro atoms. The third kappa shape index (κ3) is 3.71. The standard InChI is InChI=1S/C16H26N2O/c1-4-19-16-8-6-5-7-14(16)15(17)11-18(3)12(2)13-9-10-13/h5-8,12-13,15H,4,9-11,17H2,1-3H3. The van der Waals surface area contributed by atoms with Crippen LogP contribution in [-0.4, -0.2) is 31.1 Å². The van der Waals surface area contributed by atoms with E-state index in [-0.39, 0.29) is 6.04 Å². The Hall–Kier alpha value is -1.06. The number of nitrogens with two attached hydrogens (primary N) is 1. The second-order valence-electron chi connectivity index (χ2n) is 5.59. The molecule has 0 aliphatic heterocycles. The first-order valence-electron chi connectivity index (χ1n) is 7.31. The van der Waals surface area contributed by atoms with Gasteiger partial charge in [0.05, 0.1) is 6.61 Å². The summed E-state index contributed by atoms with van der Waals surface area (Å²) in [4.78, 5) is 2.38. The van der Waals surface area contributed by atoms with E-state index >= 15 is 0 Å². The lowest BCUT2D eigenvalue weighted by Gasteiger charge is -2.28. The summed E-state index contributed by atoms with van der Waals surface area (Å²) >= 11 is 0. The average Bonchev–Trinajstić information content (AvgIpc) is 3.23. The van der Waals surface area contributed by atoms with Crippen LogP contribution in [0.2, 0.25) is 0 Å². The van der Waals surface area contributed by atoms with Crippen molar-refractivity contribution in [2.75, 3.05) is 20.2 Å². The minimum absolute atomic E-state index is 0.00829. The molecule has 0 amide bonds. The van der Waals surface area contributed by atoms with Gasteiger partial charge in [-0.3, -0.25) is 0 Å². The minimum Gasteiger partial charge on any atom is -0.494 e. The third-order valence-electron chi connectivity index (χ3n) is 4.10. The Balaban J connectivity index is 2.00. The highest BCUT2D eigenvalue weighted by Crippen LogP contribution is 2.35. The molecule has 2 rings (SSSR count). The lowest BCUT2D eigenvalue weighted by Crippen LogP contribution is -2.36. The van der Waals surface area contributed by atoms with Crippen molar-refractivity contribution < 1.29 is 4.74 Å². The van der Waals surface area contributed by atoms with Gasteiger partial charge in [0.25, 0.3) is 0 Å². The van der Waals surface area contributed by atoms with Crippen molar-refractivity contribution in [1.29, 1.82) is 0 Å². The lowest BCUT2D eigenvalue weighted by molar-refractivity contribution is 0.219. The largest absolute Gasteiger partial charge is 0.494 e. The smallest absolute Gasteiger partial charge is 0.124 e. The van der Waals surface area contributed by atoms with Crippen molar-refractivity contribution >= 4 is 0 Å². The molecule has 3 heteroatoms. The van der Waals surface area contributed by atoms with E-state index in [1.165, 1.54) is 12.8 Å². The van der Waals surface area contributed by atoms with Crippen molar-refractivity contribution in [1.82, 2.24) is 4.90 Å². The summed E-state index contributed by atoms with van der Waals surface area (Å²) in [7, 11) is 2.17. The zero-order valence-corrected chi connectivity index (χ0v) is 12.3. The summed E-state index contributed by atoms with van der Waals surface area (Å²) in [5, 5.41) is 0. The summed E-state index contributed by atoms with van der Waals surface area (Å²) in [6.45, 7) is 5.86. The topological polar surface area (TPSA) is 38.5 Å². The van der Waals surface area contributed by atoms with Crippen LogP contribution in [0.25, 0.3) is 0 Å². The molecule has 1 aromatic carbocycles. The van der Waals surface area contributed by atoms with E-state index in [9.17, 15) is 0 Å². The quantitative estimate of drug-likeness (QED) is 0.821. The van der Waals surface area contributed by atoms with E-state index < -0.39 is 0 Å². The number of likely N-dealkylation sites (N-methyl/N-ethyl adjacent to an activating group) is 1. The van der Waals surface area contributed by atoms with Gasteiger partial charge in [-0.25, -0.2) is 0 Å². The van der Waals surface area contributed by atoms with E-state index in [0.29, 0.717) is 12.6 Å². The molecule has 0 aromatic heterocycles. The van der Waals surface area contributed by atoms with Crippen LogP contribution in [0.15, 0.2) is 24.3 Å². The number of benzene rings is 1. The zero-order chi connectivity index (χ0) is 13.8. The van der Waals surface area contributed by atoms with E-state index in [4.69, 9.17) is 10.5 Å². The molecule has 2 N–H and O–H groups in total. The predicted molar refractivity (Wildman–Crippen MR) is 79.4 cm³/mol. The van der Waals surface area contributed by atoms with Crippen LogP contribution in [0.5, 0.6) is 5.75 Å². The maximum Gasteiger partial charge on any atom is 0.124 e. The van der Waals surface area contributed by atoms with Crippen LogP contribution < -0.4 is 10.5 Å². The molecule has 0 bridgehead atoms. The van der Waals surface area contributed by atoms with Crippen molar-refractivity contribution in [3.8, 4) is 5.75 Å². The minimum atomic E-state index is 0.00829. The Bertz CT molecular complexity index is 403. The number of hydrogen-bond donors (Lipinski definition) is 1. The maximum atomic E-state index is 6.36. The van der Waals surface area contributed by atoms with E-state index in [1.54, 1.807) is 0 Å². The van der Waals surface area contributed by atoms with Gasteiger partial charge in [0.1, 0.15) is 5.75 Å². The van der Waals surface area contributed by atoms with Gasteiger partial charge in [0.15, 0.2) is 0 Å². The van der Waals surface area contributed by atoms with E-state index in [2.05, 4.69) is 24.9 Å². The number of ether oxygens (including phenoxy) is 1. The fourth-order valence-electron chi connectivity index (χ4n) is 2.59. The average molecular weight is 262 g/mol. The first kappa shape index (κ1) is 14.4. The molecule has 1 aromatic rings. The summed E-state index contributed by atoms with van der Waals surface area (Å²) in [5.74, 6) is 1.80. The molecule has 0 radical (unpaired) electrons. The third-order valence-corrected chi connectivity index (χ3v) is 4.10. The number of para-hydroxylation sites is 1. The second-order valence-corrected chi connectivity index (χ2v) is 5.59. The van der Waals surface area contributed by atoms with Gasteiger partial charge in [-0.1, -0.05) is 18.2 Å². The molecule has 106 valence electrons. The van der Waals surface area contributed by atoms with Crippen molar-refractivity contribution in [2.45, 2.75) is 38.8 Å². The van der Waals surface area contributed by atoms with Gasteiger partial charge < -0.3 is 15.4 Å². The Kier molecular flexibility index (Phi) is 4.83. The zero-order valence-electron chi connectivity index (χ0n) is 12.3. The lowest BCUT2D eigenvalue weighted by atomic mass is 10.0. The summed E-state index contributed by atoms with van der Waals surface area (Å²) in [5.41, 5.74) is 7.47. The van der Waals surface area contributed by atoms with Crippen molar-refractivity contribution in [3.05, 3.63) is 29.8 Å². The summed E-state index contributed by atoms with van der Waals surface area (Å²) in [6.07, 6.45) is 2.74. The van der Waals surface area contributed by atoms with E-state index in [0.717, 1.165) is 23.8 Å². The number of hydrogen-bond acceptors (Lipinski definition) is 3. The van der Waals surface area contributed by atoms with Gasteiger partial charge in [-0.15, -0.1) is 0 Å². The molecule has 0 saturated heterocycles. The fourth-order valence-corrected chi connectivity index (χ4v) is 2.59. The van der Waals surface area contributed by atoms with Gasteiger partial charge in [-0.2, -0.15) is 0 Å². The molecule has 1 saturated carbocycles. The van der Waals surface area contributed by atoms with Crippen LogP contribution in [0, 0.1) is 5.92 Å². The maximum absolute atomic E-state index is 6.36. The second kappa shape index (κ2) is 6.40. The highest BCUT2D eigenvalue weighted by molar-refractivity contribution is 5.36. The highest BCUT2D eigenvalue weighted by Gasteiger charge is 2.31. The summed E-state index contributed by atoms with van der Waals surface area (Å²) in [6, 6.07) is 8.74. The van der Waals surface area contributed by atoms with Crippen LogP contribution in [0.4, 0.5) is 0 Å². The first-order valence-corrected chi connectivity index (χ1v) is 7.31. The summed E-state index contributed by atoms with van der Waals surface area (Å²) < 4.78 is 5.66. The van der Waals surface area contributed by atoms with Crippen LogP contribution >= 0.6 is 0 Å². The fraction of sp³-hybridized carbons (Fsp3) is 0.625. The molecule has 3 nitrogen and oxygen atoms in total. The van der Waals surface area contributed by atoms with Gasteiger partial charge in [-0.05, 0) is 45.7 Å². The van der Waals surface area contributed by atoms with E-state index in [1.807, 2.05) is 25.1 Å². The van der Waals surface area contributed by atoms with Crippen molar-refractivity contribution in [2.24, 2.45) is 11.7 Å². The van der Waals surface area contributed by atoms with Crippen LogP contribution in [-0.2, 0) is 0 Å². The normalized spacial score (nSPS) is 18.4. The van der Waals surface area contributed by atoms with Crippen molar-refractivity contribution in [3.63, 3.8) is 0 Å². The highest BCUT2D eigenvalue weighted by atomic mass is 16.5. The molecule has 1 aliphatic rings. The molecule has 1 aliphatic carbocycles. The SMILES string of the molecule is CCOc1ccccc1C(N)CN(C)C(C)C1CC1. The molecular formula is C16H26N2O. The molecular weight excluding hydrogens is 236 g/mol. The van der Waals surface area contributed by atoms with Crippen LogP contribution in [0.1, 0.15) is 38.3 Å². The Morgan fingerprint density at radius 3 is 2.68 bits per heavy atom. The monoisotopic (exact) mass is 262 g/mol. The Labute approximate surface area is 116 Å². The molecule has 2 unspecified atom stereocenters. The molecule has 1 fully saturated rings. The molecule has 19 heavy (non-hydrogen) atoms. The Morgan fingerprint density at radius 1 is 1.37 bits per heavy atom.